The molecule has 0 aromatic heterocycles. The van der Waals surface area contributed by atoms with Gasteiger partial charge in [-0.2, -0.15) is 0 Å². The van der Waals surface area contributed by atoms with Gasteiger partial charge in [-0.3, -0.25) is 9.59 Å². The molecule has 0 N–H and O–H groups in total. The van der Waals surface area contributed by atoms with E-state index in [9.17, 15) is 9.59 Å². The molecule has 0 aromatic carbocycles. The van der Waals surface area contributed by atoms with Crippen LogP contribution in [0.4, 0.5) is 0 Å². The van der Waals surface area contributed by atoms with Crippen molar-refractivity contribution in [2.24, 2.45) is 28.6 Å². The Labute approximate surface area is 174 Å². The van der Waals surface area contributed by atoms with E-state index in [4.69, 9.17) is 9.47 Å². The lowest BCUT2D eigenvalue weighted by molar-refractivity contribution is -0.214. The van der Waals surface area contributed by atoms with Crippen LogP contribution in [0.5, 0.6) is 0 Å². The third kappa shape index (κ3) is 2.39. The van der Waals surface area contributed by atoms with Crippen molar-refractivity contribution in [3.05, 3.63) is 11.6 Å². The molecule has 4 nitrogen and oxygen atoms in total. The van der Waals surface area contributed by atoms with Gasteiger partial charge in [0.1, 0.15) is 0 Å². The van der Waals surface area contributed by atoms with E-state index in [0.29, 0.717) is 36.4 Å². The van der Waals surface area contributed by atoms with E-state index in [0.717, 1.165) is 38.5 Å². The Bertz CT molecular complexity index is 797. The molecule has 5 rings (SSSR count). The van der Waals surface area contributed by atoms with Crippen LogP contribution in [0, 0.1) is 28.6 Å². The van der Waals surface area contributed by atoms with E-state index in [1.165, 1.54) is 5.57 Å². The van der Waals surface area contributed by atoms with Crippen molar-refractivity contribution in [3.63, 3.8) is 0 Å². The molecule has 7 atom stereocenters. The summed E-state index contributed by atoms with van der Waals surface area (Å²) in [6.45, 7) is 10.6. The molecule has 0 radical (unpaired) electrons. The summed E-state index contributed by atoms with van der Waals surface area (Å²) < 4.78 is 13.0. The number of ether oxygens (including phenoxy) is 2. The molecule has 1 saturated heterocycles. The van der Waals surface area contributed by atoms with Crippen LogP contribution in [0.3, 0.4) is 0 Å². The first-order valence-corrected chi connectivity index (χ1v) is 11.7. The summed E-state index contributed by atoms with van der Waals surface area (Å²) in [5, 5.41) is 0. The molecule has 0 aromatic rings. The lowest BCUT2D eigenvalue weighted by Crippen LogP contribution is -2.60. The number of hydrogen-bond donors (Lipinski definition) is 0. The summed E-state index contributed by atoms with van der Waals surface area (Å²) in [7, 11) is 0. The number of carbonyl (C=O) groups is 2. The molecular weight excluding hydrogens is 364 g/mol. The van der Waals surface area contributed by atoms with Gasteiger partial charge in [-0.1, -0.05) is 26.3 Å². The monoisotopic (exact) mass is 400 g/mol. The van der Waals surface area contributed by atoms with Crippen LogP contribution in [-0.2, 0) is 19.1 Å². The minimum Gasteiger partial charge on any atom is -0.344 e. The molecule has 0 bridgehead atoms. The second-order valence-corrected chi connectivity index (χ2v) is 11.3. The van der Waals surface area contributed by atoms with E-state index in [1.807, 2.05) is 26.8 Å². The summed E-state index contributed by atoms with van der Waals surface area (Å²) in [6, 6.07) is 0. The molecule has 0 amide bonds. The number of rotatable bonds is 2. The highest BCUT2D eigenvalue weighted by Gasteiger charge is 2.75. The zero-order valence-electron chi connectivity index (χ0n) is 18.7. The van der Waals surface area contributed by atoms with Gasteiger partial charge in [0.05, 0.1) is 6.10 Å². The van der Waals surface area contributed by atoms with Gasteiger partial charge in [-0.25, -0.2) is 0 Å². The lowest BCUT2D eigenvalue weighted by atomic mass is 9.46. The Morgan fingerprint density at radius 1 is 1.10 bits per heavy atom. The largest absolute Gasteiger partial charge is 0.344 e. The molecule has 4 aliphatic carbocycles. The van der Waals surface area contributed by atoms with E-state index in [1.54, 1.807) is 0 Å². The van der Waals surface area contributed by atoms with Crippen molar-refractivity contribution in [1.82, 2.24) is 0 Å². The minimum absolute atomic E-state index is 0.128. The highest BCUT2D eigenvalue weighted by molar-refractivity contribution is 5.92. The maximum Gasteiger partial charge on any atom is 0.167 e. The second kappa shape index (κ2) is 6.03. The number of hydrogen-bond acceptors (Lipinski definition) is 4. The van der Waals surface area contributed by atoms with Crippen LogP contribution >= 0.6 is 0 Å². The van der Waals surface area contributed by atoms with Crippen LogP contribution in [0.15, 0.2) is 11.6 Å². The third-order valence-electron chi connectivity index (χ3n) is 9.69. The Morgan fingerprint density at radius 3 is 2.59 bits per heavy atom. The Hall–Kier alpha value is -1.00. The predicted molar refractivity (Wildman–Crippen MR) is 110 cm³/mol. The maximum absolute atomic E-state index is 13.4. The zero-order chi connectivity index (χ0) is 20.8. The van der Waals surface area contributed by atoms with Gasteiger partial charge in [0, 0.05) is 18.3 Å². The fraction of sp³-hybridized carbons (Fsp3) is 0.840. The van der Waals surface area contributed by atoms with E-state index in [2.05, 4.69) is 13.8 Å². The molecule has 160 valence electrons. The van der Waals surface area contributed by atoms with Gasteiger partial charge < -0.3 is 9.47 Å². The molecule has 4 heteroatoms. The average Bonchev–Trinajstić information content (AvgIpc) is 3.07. The molecular formula is C25H36O4. The first kappa shape index (κ1) is 19.9. The quantitative estimate of drug-likeness (QED) is 0.655. The summed E-state index contributed by atoms with van der Waals surface area (Å²) in [4.78, 5) is 25.5. The number of allylic oxidation sites excluding steroid dienone is 1. The summed E-state index contributed by atoms with van der Waals surface area (Å²) in [5.41, 5.74) is 0.589. The Balaban J connectivity index is 1.54. The topological polar surface area (TPSA) is 52.6 Å². The molecule has 0 spiro atoms. The number of fused-ring (bicyclic) bond motifs is 7. The molecule has 1 aliphatic heterocycles. The van der Waals surface area contributed by atoms with Crippen molar-refractivity contribution in [2.45, 2.75) is 103 Å². The Morgan fingerprint density at radius 2 is 1.86 bits per heavy atom. The number of carbonyl (C=O) groups excluding carboxylic acids is 2. The highest BCUT2D eigenvalue weighted by Crippen LogP contribution is 2.70. The smallest absolute Gasteiger partial charge is 0.167 e. The fourth-order valence-electron chi connectivity index (χ4n) is 8.43. The first-order valence-electron chi connectivity index (χ1n) is 11.7. The molecule has 5 aliphatic rings. The van der Waals surface area contributed by atoms with Crippen molar-refractivity contribution in [3.8, 4) is 0 Å². The summed E-state index contributed by atoms with van der Waals surface area (Å²) in [6.07, 6.45) is 9.24. The van der Waals surface area contributed by atoms with E-state index >= 15 is 0 Å². The standard InChI is InChI=1S/C25H36O4/c1-6-20(27)25-21(28-22(2,3)29-25)14-19-17-8-7-15-13-16(26)9-11-23(15,4)18(17)10-12-24(19,25)5/h13,17-19,21H,6-12,14H2,1-5H3. The van der Waals surface area contributed by atoms with Crippen LogP contribution in [0.25, 0.3) is 0 Å². The molecule has 1 heterocycles. The van der Waals surface area contributed by atoms with Gasteiger partial charge in [0.25, 0.3) is 0 Å². The van der Waals surface area contributed by atoms with Gasteiger partial charge in [0.15, 0.2) is 23.0 Å². The highest BCUT2D eigenvalue weighted by atomic mass is 16.8. The van der Waals surface area contributed by atoms with Crippen LogP contribution in [0.2, 0.25) is 0 Å². The van der Waals surface area contributed by atoms with Crippen LogP contribution in [-0.4, -0.2) is 29.1 Å². The average molecular weight is 401 g/mol. The third-order valence-corrected chi connectivity index (χ3v) is 9.69. The summed E-state index contributed by atoms with van der Waals surface area (Å²) in [5.74, 6) is 1.49. The zero-order valence-corrected chi connectivity index (χ0v) is 18.7. The number of Topliss-reactive ketones (excluding diaryl/α,β-unsaturated/α-hetero) is 1. The van der Waals surface area contributed by atoms with Gasteiger partial charge in [-0.05, 0) is 81.6 Å². The van der Waals surface area contributed by atoms with Crippen molar-refractivity contribution in [1.29, 1.82) is 0 Å². The Kier molecular flexibility index (Phi) is 4.15. The van der Waals surface area contributed by atoms with E-state index in [-0.39, 0.29) is 22.7 Å². The predicted octanol–water partition coefficient (Wildman–Crippen LogP) is 5.00. The molecule has 29 heavy (non-hydrogen) atoms. The van der Waals surface area contributed by atoms with E-state index < -0.39 is 11.4 Å². The van der Waals surface area contributed by atoms with Crippen LogP contribution < -0.4 is 0 Å². The first-order chi connectivity index (χ1) is 13.6. The van der Waals surface area contributed by atoms with Gasteiger partial charge >= 0.3 is 0 Å². The summed E-state index contributed by atoms with van der Waals surface area (Å²) >= 11 is 0. The van der Waals surface area contributed by atoms with Crippen LogP contribution in [0.1, 0.15) is 86.0 Å². The van der Waals surface area contributed by atoms with Gasteiger partial charge in [-0.15, -0.1) is 0 Å². The SMILES string of the molecule is CCC(=O)C12OC(C)(C)OC1CC1C3CCC4=CC(=O)CCC4(C)C3CCC12C. The minimum atomic E-state index is -0.791. The van der Waals surface area contributed by atoms with Gasteiger partial charge in [0.2, 0.25) is 0 Å². The molecule has 7 unspecified atom stereocenters. The second-order valence-electron chi connectivity index (χ2n) is 11.3. The lowest BCUT2D eigenvalue weighted by Gasteiger charge is -2.59. The van der Waals surface area contributed by atoms with Crippen molar-refractivity contribution in [2.75, 3.05) is 0 Å². The van der Waals surface area contributed by atoms with Crippen molar-refractivity contribution >= 4 is 11.6 Å². The number of ketones is 2. The fourth-order valence-corrected chi connectivity index (χ4v) is 8.43. The normalized spacial score (nSPS) is 50.2. The molecule has 4 fully saturated rings. The molecule has 3 saturated carbocycles. The maximum atomic E-state index is 13.4. The van der Waals surface area contributed by atoms with Crippen molar-refractivity contribution < 1.29 is 19.1 Å².